The first-order valence-electron chi connectivity index (χ1n) is 5.78. The van der Waals surface area contributed by atoms with Crippen molar-refractivity contribution >= 4 is 21.7 Å². The second-order valence-electron chi connectivity index (χ2n) is 4.19. The van der Waals surface area contributed by atoms with E-state index in [1.807, 2.05) is 13.1 Å². The molecular weight excluding hydrogens is 278 g/mol. The van der Waals surface area contributed by atoms with Crippen molar-refractivity contribution in [2.45, 2.75) is 26.1 Å². The molecule has 3 nitrogen and oxygen atoms in total. The Hall–Kier alpha value is -1.08. The molecule has 0 saturated heterocycles. The predicted octanol–water partition coefficient (Wildman–Crippen LogP) is 3.27. The summed E-state index contributed by atoms with van der Waals surface area (Å²) < 4.78 is 0. The standard InChI is InChI=1S/C13H18BrN3/c1-4-17(9-10(2)7-15)13-11(3)5-12(6-14)8-16-13/h5,8,10H,4,6,9H2,1-3H3. The van der Waals surface area contributed by atoms with E-state index < -0.39 is 0 Å². The number of halogens is 1. The van der Waals surface area contributed by atoms with Gasteiger partial charge in [0.2, 0.25) is 0 Å². The molecule has 92 valence electrons. The number of rotatable bonds is 5. The van der Waals surface area contributed by atoms with E-state index in [1.165, 1.54) is 5.56 Å². The lowest BCUT2D eigenvalue weighted by molar-refractivity contribution is 0.677. The summed E-state index contributed by atoms with van der Waals surface area (Å²) in [5.74, 6) is 1.01. The molecule has 1 unspecified atom stereocenters. The molecule has 0 bridgehead atoms. The average molecular weight is 296 g/mol. The molecule has 0 saturated carbocycles. The Morgan fingerprint density at radius 2 is 2.29 bits per heavy atom. The number of anilines is 1. The molecule has 0 fully saturated rings. The highest BCUT2D eigenvalue weighted by molar-refractivity contribution is 9.08. The zero-order chi connectivity index (χ0) is 12.8. The van der Waals surface area contributed by atoms with Crippen molar-refractivity contribution in [3.63, 3.8) is 0 Å². The molecule has 4 heteroatoms. The number of pyridine rings is 1. The van der Waals surface area contributed by atoms with Crippen molar-refractivity contribution < 1.29 is 0 Å². The van der Waals surface area contributed by atoms with Crippen molar-refractivity contribution in [3.8, 4) is 6.07 Å². The van der Waals surface area contributed by atoms with Crippen LogP contribution in [0.5, 0.6) is 0 Å². The van der Waals surface area contributed by atoms with Crippen LogP contribution in [0.4, 0.5) is 5.82 Å². The van der Waals surface area contributed by atoms with E-state index in [1.54, 1.807) is 0 Å². The van der Waals surface area contributed by atoms with Gasteiger partial charge in [-0.1, -0.05) is 22.0 Å². The van der Waals surface area contributed by atoms with Crippen LogP contribution in [-0.4, -0.2) is 18.1 Å². The molecular formula is C13H18BrN3. The SMILES string of the molecule is CCN(CC(C)C#N)c1ncc(CBr)cc1C. The summed E-state index contributed by atoms with van der Waals surface area (Å²) in [5, 5.41) is 9.70. The van der Waals surface area contributed by atoms with Crippen LogP contribution in [0.3, 0.4) is 0 Å². The quantitative estimate of drug-likeness (QED) is 0.783. The Labute approximate surface area is 112 Å². The molecule has 0 radical (unpaired) electrons. The third-order valence-corrected chi connectivity index (χ3v) is 3.30. The Balaban J connectivity index is 2.93. The lowest BCUT2D eigenvalue weighted by Gasteiger charge is -2.24. The van der Waals surface area contributed by atoms with Gasteiger partial charge in [0.25, 0.3) is 0 Å². The smallest absolute Gasteiger partial charge is 0.131 e. The second-order valence-corrected chi connectivity index (χ2v) is 4.75. The maximum Gasteiger partial charge on any atom is 0.131 e. The van der Waals surface area contributed by atoms with E-state index in [-0.39, 0.29) is 5.92 Å². The van der Waals surface area contributed by atoms with Gasteiger partial charge in [-0.3, -0.25) is 0 Å². The lowest BCUT2D eigenvalue weighted by Crippen LogP contribution is -2.29. The Bertz CT molecular complexity index is 412. The van der Waals surface area contributed by atoms with Crippen LogP contribution in [0.2, 0.25) is 0 Å². The van der Waals surface area contributed by atoms with Crippen molar-refractivity contribution in [1.29, 1.82) is 5.26 Å². The van der Waals surface area contributed by atoms with Gasteiger partial charge in [0.1, 0.15) is 5.82 Å². The number of alkyl halides is 1. The maximum absolute atomic E-state index is 8.87. The number of aryl methyl sites for hydroxylation is 1. The monoisotopic (exact) mass is 295 g/mol. The second kappa shape index (κ2) is 6.61. The highest BCUT2D eigenvalue weighted by Crippen LogP contribution is 2.19. The summed E-state index contributed by atoms with van der Waals surface area (Å²) in [5.41, 5.74) is 2.34. The third-order valence-electron chi connectivity index (χ3n) is 2.66. The van der Waals surface area contributed by atoms with E-state index in [0.717, 1.165) is 29.8 Å². The van der Waals surface area contributed by atoms with Gasteiger partial charge in [-0.05, 0) is 31.9 Å². The minimum Gasteiger partial charge on any atom is -0.355 e. The number of hydrogen-bond acceptors (Lipinski definition) is 3. The summed E-state index contributed by atoms with van der Waals surface area (Å²) in [6.07, 6.45) is 1.89. The first kappa shape index (κ1) is 14.0. The number of aromatic nitrogens is 1. The van der Waals surface area contributed by atoms with Crippen LogP contribution < -0.4 is 4.90 Å². The highest BCUT2D eigenvalue weighted by atomic mass is 79.9. The normalized spacial score (nSPS) is 11.9. The molecule has 0 amide bonds. The van der Waals surface area contributed by atoms with Crippen LogP contribution in [0.25, 0.3) is 0 Å². The summed E-state index contributed by atoms with van der Waals surface area (Å²) >= 11 is 3.43. The molecule has 0 aliphatic heterocycles. The van der Waals surface area contributed by atoms with Crippen molar-refractivity contribution in [3.05, 3.63) is 23.4 Å². The molecule has 1 aromatic heterocycles. The molecule has 17 heavy (non-hydrogen) atoms. The summed E-state index contributed by atoms with van der Waals surface area (Å²) in [6, 6.07) is 4.40. The molecule has 0 aliphatic rings. The highest BCUT2D eigenvalue weighted by Gasteiger charge is 2.12. The van der Waals surface area contributed by atoms with Crippen molar-refractivity contribution in [2.75, 3.05) is 18.0 Å². The summed E-state index contributed by atoms with van der Waals surface area (Å²) in [7, 11) is 0. The molecule has 0 aliphatic carbocycles. The predicted molar refractivity (Wildman–Crippen MR) is 74.3 cm³/mol. The zero-order valence-corrected chi connectivity index (χ0v) is 12.2. The third kappa shape index (κ3) is 3.71. The number of nitriles is 1. The first-order valence-corrected chi connectivity index (χ1v) is 6.90. The van der Waals surface area contributed by atoms with Gasteiger partial charge in [-0.15, -0.1) is 0 Å². The fraction of sp³-hybridized carbons (Fsp3) is 0.538. The van der Waals surface area contributed by atoms with Crippen molar-refractivity contribution in [2.24, 2.45) is 5.92 Å². The molecule has 1 heterocycles. The molecule has 1 atom stereocenters. The van der Waals surface area contributed by atoms with Gasteiger partial charge in [-0.25, -0.2) is 4.98 Å². The van der Waals surface area contributed by atoms with E-state index in [2.05, 4.69) is 51.8 Å². The van der Waals surface area contributed by atoms with Crippen LogP contribution >= 0.6 is 15.9 Å². The maximum atomic E-state index is 8.87. The van der Waals surface area contributed by atoms with Crippen LogP contribution in [0.1, 0.15) is 25.0 Å². The van der Waals surface area contributed by atoms with E-state index in [9.17, 15) is 0 Å². The van der Waals surface area contributed by atoms with Gasteiger partial charge in [-0.2, -0.15) is 5.26 Å². The van der Waals surface area contributed by atoms with Crippen molar-refractivity contribution in [1.82, 2.24) is 4.98 Å². The van der Waals surface area contributed by atoms with Crippen LogP contribution in [0, 0.1) is 24.2 Å². The Kier molecular flexibility index (Phi) is 5.43. The van der Waals surface area contributed by atoms with Gasteiger partial charge >= 0.3 is 0 Å². The van der Waals surface area contributed by atoms with Gasteiger partial charge < -0.3 is 4.90 Å². The average Bonchev–Trinajstić information content (AvgIpc) is 2.35. The fourth-order valence-corrected chi connectivity index (χ4v) is 2.07. The summed E-state index contributed by atoms with van der Waals surface area (Å²) in [4.78, 5) is 6.65. The van der Waals surface area contributed by atoms with Gasteiger partial charge in [0.15, 0.2) is 0 Å². The molecule has 0 aromatic carbocycles. The minimum atomic E-state index is 0.0204. The number of nitrogens with zero attached hydrogens (tertiary/aromatic N) is 3. The Morgan fingerprint density at radius 3 is 2.76 bits per heavy atom. The fourth-order valence-electron chi connectivity index (χ4n) is 1.77. The minimum absolute atomic E-state index is 0.0204. The van der Waals surface area contributed by atoms with E-state index in [4.69, 9.17) is 5.26 Å². The van der Waals surface area contributed by atoms with E-state index >= 15 is 0 Å². The van der Waals surface area contributed by atoms with E-state index in [0.29, 0.717) is 0 Å². The lowest BCUT2D eigenvalue weighted by atomic mass is 10.1. The van der Waals surface area contributed by atoms with Crippen LogP contribution in [-0.2, 0) is 5.33 Å². The molecule has 0 N–H and O–H groups in total. The number of hydrogen-bond donors (Lipinski definition) is 0. The zero-order valence-electron chi connectivity index (χ0n) is 10.6. The van der Waals surface area contributed by atoms with Gasteiger partial charge in [0, 0.05) is 24.6 Å². The summed E-state index contributed by atoms with van der Waals surface area (Å²) in [6.45, 7) is 7.69. The Morgan fingerprint density at radius 1 is 1.59 bits per heavy atom. The van der Waals surface area contributed by atoms with Crippen LogP contribution in [0.15, 0.2) is 12.3 Å². The largest absolute Gasteiger partial charge is 0.355 e. The first-order chi connectivity index (χ1) is 8.12. The topological polar surface area (TPSA) is 39.9 Å². The van der Waals surface area contributed by atoms with Gasteiger partial charge in [0.05, 0.1) is 12.0 Å². The molecule has 0 spiro atoms. The molecule has 1 aromatic rings. The molecule has 1 rings (SSSR count).